The molecule has 0 bridgehead atoms. The largest absolute Gasteiger partial charge is 0.394 e. The zero-order valence-corrected chi connectivity index (χ0v) is 5.02. The Labute approximate surface area is 50.0 Å². The summed E-state index contributed by atoms with van der Waals surface area (Å²) in [6, 6.07) is 0. The summed E-state index contributed by atoms with van der Waals surface area (Å²) < 4.78 is 0. The average molecular weight is 111 g/mol. The highest BCUT2D eigenvalue weighted by Crippen LogP contribution is 2.01. The van der Waals surface area contributed by atoms with E-state index in [0.717, 1.165) is 6.54 Å². The SMILES string of the molecule is BC1(O)C=CCNC1. The molecule has 3 heteroatoms. The van der Waals surface area contributed by atoms with Gasteiger partial charge in [0.1, 0.15) is 7.85 Å². The van der Waals surface area contributed by atoms with Crippen LogP contribution in [0.15, 0.2) is 12.2 Å². The molecule has 0 fully saturated rings. The Hall–Kier alpha value is -0.275. The maximum atomic E-state index is 9.23. The van der Waals surface area contributed by atoms with Crippen molar-refractivity contribution in [2.24, 2.45) is 0 Å². The van der Waals surface area contributed by atoms with Crippen LogP contribution >= 0.6 is 0 Å². The molecular weight excluding hydrogens is 101 g/mol. The molecule has 1 atom stereocenters. The number of nitrogens with one attached hydrogen (secondary N) is 1. The van der Waals surface area contributed by atoms with Gasteiger partial charge in [-0.05, 0) is 0 Å². The third kappa shape index (κ3) is 1.35. The summed E-state index contributed by atoms with van der Waals surface area (Å²) in [4.78, 5) is 0. The third-order valence-corrected chi connectivity index (χ3v) is 1.22. The molecule has 0 aromatic carbocycles. The summed E-state index contributed by atoms with van der Waals surface area (Å²) in [6.45, 7) is 1.56. The van der Waals surface area contributed by atoms with Crippen molar-refractivity contribution in [2.75, 3.05) is 13.1 Å². The molecule has 0 aliphatic carbocycles. The molecule has 0 saturated heterocycles. The van der Waals surface area contributed by atoms with E-state index in [9.17, 15) is 5.11 Å². The van der Waals surface area contributed by atoms with Crippen molar-refractivity contribution >= 4 is 7.85 Å². The van der Waals surface area contributed by atoms with Crippen molar-refractivity contribution in [1.82, 2.24) is 5.32 Å². The molecule has 0 aromatic heterocycles. The molecule has 2 nitrogen and oxygen atoms in total. The fourth-order valence-corrected chi connectivity index (χ4v) is 0.780. The van der Waals surface area contributed by atoms with Crippen LogP contribution < -0.4 is 5.32 Å². The van der Waals surface area contributed by atoms with Gasteiger partial charge in [0.05, 0.1) is 5.50 Å². The minimum absolute atomic E-state index is 0.613. The van der Waals surface area contributed by atoms with Crippen LogP contribution in [0.5, 0.6) is 0 Å². The zero-order chi connectivity index (χ0) is 6.04. The van der Waals surface area contributed by atoms with Gasteiger partial charge in [0.2, 0.25) is 0 Å². The minimum atomic E-state index is -0.613. The molecule has 8 heavy (non-hydrogen) atoms. The van der Waals surface area contributed by atoms with Crippen molar-refractivity contribution in [3.63, 3.8) is 0 Å². The maximum absolute atomic E-state index is 9.23. The summed E-state index contributed by atoms with van der Waals surface area (Å²) in [5, 5.41) is 12.3. The second kappa shape index (κ2) is 1.92. The summed E-state index contributed by atoms with van der Waals surface area (Å²) in [5.41, 5.74) is -0.613. The van der Waals surface area contributed by atoms with E-state index in [1.54, 1.807) is 7.85 Å². The topological polar surface area (TPSA) is 32.3 Å². The van der Waals surface area contributed by atoms with Crippen molar-refractivity contribution < 1.29 is 5.11 Å². The van der Waals surface area contributed by atoms with E-state index < -0.39 is 5.50 Å². The van der Waals surface area contributed by atoms with E-state index in [0.29, 0.717) is 6.54 Å². The summed E-state index contributed by atoms with van der Waals surface area (Å²) in [6.07, 6.45) is 3.76. The fourth-order valence-electron chi connectivity index (χ4n) is 0.780. The zero-order valence-electron chi connectivity index (χ0n) is 5.02. The van der Waals surface area contributed by atoms with Gasteiger partial charge in [-0.25, -0.2) is 0 Å². The third-order valence-electron chi connectivity index (χ3n) is 1.22. The van der Waals surface area contributed by atoms with Crippen LogP contribution in [-0.4, -0.2) is 31.5 Å². The quantitative estimate of drug-likeness (QED) is 0.293. The Morgan fingerprint density at radius 1 is 1.75 bits per heavy atom. The Morgan fingerprint density at radius 3 is 2.75 bits per heavy atom. The van der Waals surface area contributed by atoms with Gasteiger partial charge in [0, 0.05) is 13.1 Å². The van der Waals surface area contributed by atoms with Gasteiger partial charge in [-0.3, -0.25) is 0 Å². The van der Waals surface area contributed by atoms with Crippen molar-refractivity contribution in [1.29, 1.82) is 0 Å². The first kappa shape index (κ1) is 5.85. The van der Waals surface area contributed by atoms with Crippen LogP contribution in [0, 0.1) is 0 Å². The molecule has 44 valence electrons. The molecule has 1 rings (SSSR count). The fraction of sp³-hybridized carbons (Fsp3) is 0.600. The Balaban J connectivity index is 2.56. The van der Waals surface area contributed by atoms with E-state index >= 15 is 0 Å². The number of hydrogen-bond donors (Lipinski definition) is 2. The van der Waals surface area contributed by atoms with E-state index in [1.165, 1.54) is 0 Å². The summed E-state index contributed by atoms with van der Waals surface area (Å²) >= 11 is 0. The van der Waals surface area contributed by atoms with Gasteiger partial charge in [-0.1, -0.05) is 12.2 Å². The highest BCUT2D eigenvalue weighted by Gasteiger charge is 2.16. The first-order valence-corrected chi connectivity index (χ1v) is 2.81. The molecule has 1 aliphatic rings. The lowest BCUT2D eigenvalue weighted by molar-refractivity contribution is 0.172. The monoisotopic (exact) mass is 111 g/mol. The number of rotatable bonds is 0. The molecular formula is C5H10BNO. The minimum Gasteiger partial charge on any atom is -0.394 e. The van der Waals surface area contributed by atoms with E-state index in [2.05, 4.69) is 5.32 Å². The normalized spacial score (nSPS) is 37.6. The number of hydrogen-bond acceptors (Lipinski definition) is 2. The molecule has 2 N–H and O–H groups in total. The summed E-state index contributed by atoms with van der Waals surface area (Å²) in [5.74, 6) is 0. The highest BCUT2D eigenvalue weighted by molar-refractivity contribution is 6.16. The second-order valence-corrected chi connectivity index (χ2v) is 2.39. The second-order valence-electron chi connectivity index (χ2n) is 2.39. The Morgan fingerprint density at radius 2 is 2.50 bits per heavy atom. The van der Waals surface area contributed by atoms with Gasteiger partial charge in [-0.15, -0.1) is 0 Å². The average Bonchev–Trinajstić information content (AvgIpc) is 1.65. The predicted molar refractivity (Wildman–Crippen MR) is 35.5 cm³/mol. The lowest BCUT2D eigenvalue weighted by atomic mass is 9.80. The van der Waals surface area contributed by atoms with E-state index in [-0.39, 0.29) is 0 Å². The molecule has 0 amide bonds. The predicted octanol–water partition coefficient (Wildman–Crippen LogP) is -1.53. The Bertz CT molecular complexity index is 111. The van der Waals surface area contributed by atoms with Crippen molar-refractivity contribution in [3.8, 4) is 0 Å². The van der Waals surface area contributed by atoms with Gasteiger partial charge < -0.3 is 10.4 Å². The molecule has 1 aliphatic heterocycles. The Kier molecular flexibility index (Phi) is 1.40. The van der Waals surface area contributed by atoms with Crippen LogP contribution in [0.25, 0.3) is 0 Å². The molecule has 1 unspecified atom stereocenters. The molecule has 0 aromatic rings. The van der Waals surface area contributed by atoms with Crippen LogP contribution in [-0.2, 0) is 0 Å². The standard InChI is InChI=1S/C5H10BNO/c6-5(8)2-1-3-7-4-5/h1-2,7-8H,3-4,6H2. The number of β-amino-alcohol motifs (C(OH)–C–C–N with tert-alkyl or cyclic N) is 1. The van der Waals surface area contributed by atoms with Gasteiger partial charge in [0.25, 0.3) is 0 Å². The van der Waals surface area contributed by atoms with Crippen LogP contribution in [0.2, 0.25) is 0 Å². The first-order chi connectivity index (χ1) is 3.71. The van der Waals surface area contributed by atoms with E-state index in [1.807, 2.05) is 12.2 Å². The van der Waals surface area contributed by atoms with Crippen molar-refractivity contribution in [2.45, 2.75) is 5.50 Å². The molecule has 1 heterocycles. The highest BCUT2D eigenvalue weighted by atomic mass is 16.3. The summed E-state index contributed by atoms with van der Waals surface area (Å²) in [7, 11) is 1.79. The molecule has 0 spiro atoms. The first-order valence-electron chi connectivity index (χ1n) is 2.81. The van der Waals surface area contributed by atoms with Crippen LogP contribution in [0.3, 0.4) is 0 Å². The van der Waals surface area contributed by atoms with Crippen molar-refractivity contribution in [3.05, 3.63) is 12.2 Å². The van der Waals surface area contributed by atoms with Crippen LogP contribution in [0.4, 0.5) is 0 Å². The lowest BCUT2D eigenvalue weighted by Gasteiger charge is -2.22. The van der Waals surface area contributed by atoms with Gasteiger partial charge in [-0.2, -0.15) is 0 Å². The molecule has 0 saturated carbocycles. The van der Waals surface area contributed by atoms with Gasteiger partial charge >= 0.3 is 0 Å². The maximum Gasteiger partial charge on any atom is 0.149 e. The van der Waals surface area contributed by atoms with E-state index in [4.69, 9.17) is 0 Å². The lowest BCUT2D eigenvalue weighted by Crippen LogP contribution is -2.42. The number of aliphatic hydroxyl groups is 1. The molecule has 0 radical (unpaired) electrons. The smallest absolute Gasteiger partial charge is 0.149 e. The van der Waals surface area contributed by atoms with Crippen LogP contribution in [0.1, 0.15) is 0 Å². The van der Waals surface area contributed by atoms with Gasteiger partial charge in [0.15, 0.2) is 0 Å².